The number of pyridine rings is 2. The number of aliphatic carboxylic acids is 1. The summed E-state index contributed by atoms with van der Waals surface area (Å²) in [6.07, 6.45) is 6.13. The number of fused-ring (bicyclic) bond motifs is 4. The van der Waals surface area contributed by atoms with Gasteiger partial charge in [0.1, 0.15) is 16.5 Å². The van der Waals surface area contributed by atoms with E-state index in [-0.39, 0.29) is 28.9 Å². The van der Waals surface area contributed by atoms with E-state index in [0.29, 0.717) is 18.0 Å². The van der Waals surface area contributed by atoms with E-state index in [1.54, 1.807) is 0 Å². The molecule has 0 aliphatic carbocycles. The Morgan fingerprint density at radius 2 is 1.95 bits per heavy atom. The van der Waals surface area contributed by atoms with Crippen LogP contribution in [-0.4, -0.2) is 62.5 Å². The average Bonchev–Trinajstić information content (AvgIpc) is 3.30. The fraction of sp³-hybridized carbons (Fsp3) is 0.400. The summed E-state index contributed by atoms with van der Waals surface area (Å²) in [4.78, 5) is 18.8. The SMILES string of the molecule is Cc1ccc([C@H](CC(=O)O)c2ccn3c(C)nnc3c2C)cc1CN1C[C@@H]2CCCCN2c2ncc(Cl)cc2S1(=O)=O. The number of carboxylic acid groups (broad SMARTS) is 1. The molecule has 0 spiro atoms. The largest absolute Gasteiger partial charge is 0.481 e. The van der Waals surface area contributed by atoms with E-state index < -0.39 is 21.9 Å². The van der Waals surface area contributed by atoms with Gasteiger partial charge in [-0.15, -0.1) is 10.2 Å². The van der Waals surface area contributed by atoms with Crippen LogP contribution >= 0.6 is 11.6 Å². The van der Waals surface area contributed by atoms with Crippen LogP contribution in [0.15, 0.2) is 47.6 Å². The molecule has 6 rings (SSSR count). The Hall–Kier alpha value is -3.54. The van der Waals surface area contributed by atoms with Gasteiger partial charge in [-0.05, 0) is 80.0 Å². The van der Waals surface area contributed by atoms with Crippen LogP contribution in [0, 0.1) is 20.8 Å². The minimum atomic E-state index is -3.92. The summed E-state index contributed by atoms with van der Waals surface area (Å²) in [6, 6.07) is 9.27. The van der Waals surface area contributed by atoms with Gasteiger partial charge in [0.05, 0.1) is 11.4 Å². The standard InChI is InChI=1S/C30H33ClN6O4S/c1-18-7-8-21(26(14-28(38)39)25-9-11-36-20(3)33-34-29(36)19(25)2)12-22(18)16-35-17-24-6-4-5-10-37(24)30-27(42(35,40)41)13-23(31)15-32-30/h7-9,11-13,15,24,26H,4-6,10,14,16-17H2,1-3H3,(H,38,39)/t24-,26-/m0/s1. The van der Waals surface area contributed by atoms with Crippen LogP contribution in [0.2, 0.25) is 5.02 Å². The van der Waals surface area contributed by atoms with Crippen molar-refractivity contribution in [2.45, 2.75) is 69.9 Å². The van der Waals surface area contributed by atoms with Gasteiger partial charge in [-0.2, -0.15) is 4.31 Å². The second kappa shape index (κ2) is 10.9. The van der Waals surface area contributed by atoms with E-state index in [0.717, 1.165) is 59.4 Å². The molecule has 12 heteroatoms. The zero-order valence-electron chi connectivity index (χ0n) is 23.8. The number of rotatable bonds is 6. The lowest BCUT2D eigenvalue weighted by Crippen LogP contribution is -2.45. The van der Waals surface area contributed by atoms with E-state index in [2.05, 4.69) is 20.1 Å². The first kappa shape index (κ1) is 28.6. The molecule has 0 amide bonds. The predicted octanol–water partition coefficient (Wildman–Crippen LogP) is 4.87. The molecule has 2 aliphatic rings. The summed E-state index contributed by atoms with van der Waals surface area (Å²) in [7, 11) is -3.92. The van der Waals surface area contributed by atoms with E-state index in [1.165, 1.54) is 16.6 Å². The second-order valence-electron chi connectivity index (χ2n) is 11.3. The summed E-state index contributed by atoms with van der Waals surface area (Å²) in [6.45, 7) is 6.98. The summed E-state index contributed by atoms with van der Waals surface area (Å²) in [5, 5.41) is 18.6. The van der Waals surface area contributed by atoms with E-state index in [9.17, 15) is 18.3 Å². The zero-order chi connectivity index (χ0) is 29.8. The highest BCUT2D eigenvalue weighted by Gasteiger charge is 2.39. The lowest BCUT2D eigenvalue weighted by molar-refractivity contribution is -0.137. The van der Waals surface area contributed by atoms with Crippen LogP contribution in [0.5, 0.6) is 0 Å². The first-order valence-corrected chi connectivity index (χ1v) is 15.9. The zero-order valence-corrected chi connectivity index (χ0v) is 25.4. The summed E-state index contributed by atoms with van der Waals surface area (Å²) in [5.41, 5.74) is 4.95. The molecular formula is C30H33ClN6O4S. The van der Waals surface area contributed by atoms with Crippen molar-refractivity contribution < 1.29 is 18.3 Å². The average molecular weight is 609 g/mol. The number of anilines is 1. The highest BCUT2D eigenvalue weighted by atomic mass is 35.5. The highest BCUT2D eigenvalue weighted by molar-refractivity contribution is 7.89. The quantitative estimate of drug-likeness (QED) is 0.329. The Morgan fingerprint density at radius 1 is 1.14 bits per heavy atom. The lowest BCUT2D eigenvalue weighted by Gasteiger charge is -2.36. The molecule has 1 fully saturated rings. The van der Waals surface area contributed by atoms with Gasteiger partial charge in [0.25, 0.3) is 0 Å². The van der Waals surface area contributed by atoms with Gasteiger partial charge in [0.15, 0.2) is 5.65 Å². The van der Waals surface area contributed by atoms with Crippen molar-refractivity contribution in [2.75, 3.05) is 18.0 Å². The minimum absolute atomic E-state index is 0.00712. The Balaban J connectivity index is 1.41. The molecule has 0 unspecified atom stereocenters. The van der Waals surface area contributed by atoms with Gasteiger partial charge < -0.3 is 10.0 Å². The number of carboxylic acids is 1. The molecule has 42 heavy (non-hydrogen) atoms. The van der Waals surface area contributed by atoms with Crippen LogP contribution in [0.1, 0.15) is 65.2 Å². The van der Waals surface area contributed by atoms with Gasteiger partial charge in [-0.25, -0.2) is 13.4 Å². The van der Waals surface area contributed by atoms with Crippen LogP contribution < -0.4 is 4.90 Å². The maximum Gasteiger partial charge on any atom is 0.304 e. The first-order valence-electron chi connectivity index (χ1n) is 14.1. The topological polar surface area (TPSA) is 121 Å². The third-order valence-electron chi connectivity index (χ3n) is 8.65. The van der Waals surface area contributed by atoms with Crippen molar-refractivity contribution in [1.82, 2.24) is 23.9 Å². The van der Waals surface area contributed by atoms with Crippen molar-refractivity contribution in [3.8, 4) is 0 Å². The van der Waals surface area contributed by atoms with Crippen LogP contribution in [0.3, 0.4) is 0 Å². The number of hydrogen-bond acceptors (Lipinski definition) is 7. The van der Waals surface area contributed by atoms with Crippen LogP contribution in [0.25, 0.3) is 5.65 Å². The van der Waals surface area contributed by atoms with Crippen molar-refractivity contribution in [2.24, 2.45) is 0 Å². The monoisotopic (exact) mass is 608 g/mol. The Morgan fingerprint density at radius 3 is 2.74 bits per heavy atom. The van der Waals surface area contributed by atoms with Crippen molar-refractivity contribution >= 4 is 39.1 Å². The van der Waals surface area contributed by atoms with Crippen molar-refractivity contribution in [1.29, 1.82) is 0 Å². The number of benzene rings is 1. The summed E-state index contributed by atoms with van der Waals surface area (Å²) >= 11 is 6.25. The van der Waals surface area contributed by atoms with Crippen molar-refractivity contribution in [3.05, 3.63) is 81.4 Å². The van der Waals surface area contributed by atoms with Gasteiger partial charge in [0.2, 0.25) is 10.0 Å². The van der Waals surface area contributed by atoms with Crippen molar-refractivity contribution in [3.63, 3.8) is 0 Å². The molecular weight excluding hydrogens is 576 g/mol. The molecule has 0 bridgehead atoms. The Kier molecular flexibility index (Phi) is 7.44. The van der Waals surface area contributed by atoms with Gasteiger partial charge >= 0.3 is 5.97 Å². The number of aromatic nitrogens is 4. The molecule has 1 aromatic carbocycles. The van der Waals surface area contributed by atoms with E-state index in [4.69, 9.17) is 11.6 Å². The van der Waals surface area contributed by atoms with Gasteiger partial charge in [-0.1, -0.05) is 29.8 Å². The maximum absolute atomic E-state index is 14.1. The number of halogens is 1. The number of nitrogens with zero attached hydrogens (tertiary/aromatic N) is 6. The lowest BCUT2D eigenvalue weighted by atomic mass is 9.85. The highest BCUT2D eigenvalue weighted by Crippen LogP contribution is 2.38. The Bertz CT molecular complexity index is 1810. The number of piperidine rings is 1. The molecule has 2 aliphatic heterocycles. The summed E-state index contributed by atoms with van der Waals surface area (Å²) in [5.74, 6) is -0.164. The van der Waals surface area contributed by atoms with Gasteiger partial charge in [-0.3, -0.25) is 9.20 Å². The molecule has 4 aromatic rings. The first-order chi connectivity index (χ1) is 20.0. The molecule has 3 aromatic heterocycles. The van der Waals surface area contributed by atoms with Crippen LogP contribution in [-0.2, 0) is 21.4 Å². The van der Waals surface area contributed by atoms with E-state index in [1.807, 2.05) is 55.6 Å². The van der Waals surface area contributed by atoms with Crippen LogP contribution in [0.4, 0.5) is 5.82 Å². The maximum atomic E-state index is 14.1. The molecule has 1 N–H and O–H groups in total. The molecule has 2 atom stereocenters. The Labute approximate surface area is 250 Å². The second-order valence-corrected chi connectivity index (χ2v) is 13.6. The van der Waals surface area contributed by atoms with Gasteiger partial charge in [0, 0.05) is 44.0 Å². The molecule has 10 nitrogen and oxygen atoms in total. The predicted molar refractivity (Wildman–Crippen MR) is 160 cm³/mol. The summed E-state index contributed by atoms with van der Waals surface area (Å²) < 4.78 is 31.6. The number of aryl methyl sites for hydroxylation is 3. The normalized spacial score (nSPS) is 19.2. The van der Waals surface area contributed by atoms with E-state index >= 15 is 0 Å². The number of carbonyl (C=O) groups is 1. The molecule has 1 saturated heterocycles. The third kappa shape index (κ3) is 5.03. The third-order valence-corrected chi connectivity index (χ3v) is 10.7. The fourth-order valence-corrected chi connectivity index (χ4v) is 8.21. The molecule has 5 heterocycles. The smallest absolute Gasteiger partial charge is 0.304 e. The molecule has 220 valence electrons. The number of hydrogen-bond donors (Lipinski definition) is 1. The number of sulfonamides is 1. The fourth-order valence-electron chi connectivity index (χ4n) is 6.35. The minimum Gasteiger partial charge on any atom is -0.481 e. The molecule has 0 saturated carbocycles. The molecule has 0 radical (unpaired) electrons.